The molecule has 0 aromatic heterocycles. The highest BCUT2D eigenvalue weighted by Crippen LogP contribution is 2.34. The number of rotatable bonds is 1. The van der Waals surface area contributed by atoms with Crippen LogP contribution in [0.25, 0.3) is 0 Å². The highest BCUT2D eigenvalue weighted by Gasteiger charge is 2.33. The Morgan fingerprint density at radius 1 is 1.33 bits per heavy atom. The number of benzene rings is 1. The third-order valence-electron chi connectivity index (χ3n) is 2.71. The van der Waals surface area contributed by atoms with Crippen LogP contribution in [0.1, 0.15) is 25.0 Å². The molecule has 0 amide bonds. The van der Waals surface area contributed by atoms with Gasteiger partial charge in [-0.05, 0) is 25.8 Å². The molecular formula is C11H14O3S. The Kier molecular flexibility index (Phi) is 2.17. The smallest absolute Gasteiger partial charge is 0.179 e. The van der Waals surface area contributed by atoms with Gasteiger partial charge in [-0.3, -0.25) is 0 Å². The van der Waals surface area contributed by atoms with Crippen molar-refractivity contribution in [2.45, 2.75) is 30.8 Å². The van der Waals surface area contributed by atoms with Crippen LogP contribution >= 0.6 is 0 Å². The van der Waals surface area contributed by atoms with E-state index >= 15 is 0 Å². The third kappa shape index (κ3) is 1.68. The highest BCUT2D eigenvalue weighted by atomic mass is 32.2. The molecule has 0 atom stereocenters. The molecule has 1 N–H and O–H groups in total. The maximum Gasteiger partial charge on any atom is 0.179 e. The minimum Gasteiger partial charge on any atom is -0.386 e. The fourth-order valence-corrected chi connectivity index (χ4v) is 3.89. The van der Waals surface area contributed by atoms with Gasteiger partial charge in [0.05, 0.1) is 16.2 Å². The zero-order valence-electron chi connectivity index (χ0n) is 8.82. The minimum absolute atomic E-state index is 0.162. The maximum atomic E-state index is 11.8. The summed E-state index contributed by atoms with van der Waals surface area (Å²) in [5.41, 5.74) is 0.232. The van der Waals surface area contributed by atoms with E-state index < -0.39 is 15.4 Å². The lowest BCUT2D eigenvalue weighted by atomic mass is 9.96. The molecule has 0 unspecified atom stereocenters. The summed E-state index contributed by atoms with van der Waals surface area (Å²) in [6.07, 6.45) is 0.557. The van der Waals surface area contributed by atoms with Gasteiger partial charge in [-0.1, -0.05) is 18.2 Å². The van der Waals surface area contributed by atoms with Crippen molar-refractivity contribution >= 4 is 9.84 Å². The van der Waals surface area contributed by atoms with Crippen LogP contribution in [0.4, 0.5) is 0 Å². The van der Waals surface area contributed by atoms with Gasteiger partial charge in [0.25, 0.3) is 0 Å². The molecule has 0 spiro atoms. The number of aliphatic hydroxyl groups is 1. The summed E-state index contributed by atoms with van der Waals surface area (Å²) in [4.78, 5) is 0.345. The lowest BCUT2D eigenvalue weighted by Crippen LogP contribution is -2.19. The SMILES string of the molecule is CC(C)(O)c1cccc2c1S(=O)(=O)CC2. The number of hydrogen-bond donors (Lipinski definition) is 1. The second kappa shape index (κ2) is 3.06. The topological polar surface area (TPSA) is 54.4 Å². The molecule has 3 nitrogen and oxygen atoms in total. The Labute approximate surface area is 89.7 Å². The molecule has 1 aliphatic rings. The Balaban J connectivity index is 2.76. The molecule has 0 aliphatic carbocycles. The monoisotopic (exact) mass is 226 g/mol. The first-order valence-corrected chi connectivity index (χ1v) is 6.55. The first kappa shape index (κ1) is 10.6. The maximum absolute atomic E-state index is 11.8. The van der Waals surface area contributed by atoms with Gasteiger partial charge in [-0.15, -0.1) is 0 Å². The van der Waals surface area contributed by atoms with E-state index in [1.165, 1.54) is 0 Å². The van der Waals surface area contributed by atoms with Crippen molar-refractivity contribution in [3.63, 3.8) is 0 Å². The predicted octanol–water partition coefficient (Wildman–Crippen LogP) is 1.24. The zero-order chi connectivity index (χ0) is 11.3. The quantitative estimate of drug-likeness (QED) is 0.784. The van der Waals surface area contributed by atoms with Gasteiger partial charge in [-0.2, -0.15) is 0 Å². The molecule has 1 aliphatic heterocycles. The Hall–Kier alpha value is -0.870. The van der Waals surface area contributed by atoms with Gasteiger partial charge in [0.2, 0.25) is 0 Å². The van der Waals surface area contributed by atoms with Crippen LogP contribution in [0, 0.1) is 0 Å². The fraction of sp³-hybridized carbons (Fsp3) is 0.455. The summed E-state index contributed by atoms with van der Waals surface area (Å²) in [7, 11) is -3.18. The Bertz CT molecular complexity index is 495. The van der Waals surface area contributed by atoms with Gasteiger partial charge in [-0.25, -0.2) is 8.42 Å². The lowest BCUT2D eigenvalue weighted by molar-refractivity contribution is 0.0755. The van der Waals surface area contributed by atoms with Crippen molar-refractivity contribution in [1.82, 2.24) is 0 Å². The molecular weight excluding hydrogens is 212 g/mol. The van der Waals surface area contributed by atoms with E-state index in [9.17, 15) is 13.5 Å². The number of aryl methyl sites for hydroxylation is 1. The second-order valence-corrected chi connectivity index (χ2v) is 6.47. The Morgan fingerprint density at radius 3 is 2.60 bits per heavy atom. The summed E-state index contributed by atoms with van der Waals surface area (Å²) < 4.78 is 23.6. The van der Waals surface area contributed by atoms with Gasteiger partial charge in [0.1, 0.15) is 0 Å². The molecule has 0 saturated carbocycles. The average molecular weight is 226 g/mol. The standard InChI is InChI=1S/C11H14O3S/c1-11(2,12)9-5-3-4-8-6-7-15(13,14)10(8)9/h3-5,12H,6-7H2,1-2H3. The van der Waals surface area contributed by atoms with Crippen LogP contribution in [0.3, 0.4) is 0 Å². The van der Waals surface area contributed by atoms with E-state index in [0.29, 0.717) is 16.9 Å². The molecule has 0 bridgehead atoms. The fourth-order valence-electron chi connectivity index (χ4n) is 1.98. The van der Waals surface area contributed by atoms with Crippen LogP contribution in [0.2, 0.25) is 0 Å². The first-order chi connectivity index (χ1) is 6.82. The van der Waals surface area contributed by atoms with Crippen molar-refractivity contribution in [2.24, 2.45) is 0 Å². The molecule has 1 heterocycles. The van der Waals surface area contributed by atoms with E-state index in [1.54, 1.807) is 26.0 Å². The summed E-state index contributed by atoms with van der Waals surface area (Å²) in [6, 6.07) is 5.30. The van der Waals surface area contributed by atoms with Crippen LogP contribution < -0.4 is 0 Å². The summed E-state index contributed by atoms with van der Waals surface area (Å²) in [5, 5.41) is 9.92. The molecule has 15 heavy (non-hydrogen) atoms. The summed E-state index contributed by atoms with van der Waals surface area (Å²) >= 11 is 0. The highest BCUT2D eigenvalue weighted by molar-refractivity contribution is 7.91. The number of sulfone groups is 1. The van der Waals surface area contributed by atoms with E-state index in [1.807, 2.05) is 6.07 Å². The van der Waals surface area contributed by atoms with E-state index in [2.05, 4.69) is 0 Å². The molecule has 4 heteroatoms. The van der Waals surface area contributed by atoms with Gasteiger partial charge in [0, 0.05) is 5.56 Å². The van der Waals surface area contributed by atoms with Gasteiger partial charge >= 0.3 is 0 Å². The number of hydrogen-bond acceptors (Lipinski definition) is 3. The summed E-state index contributed by atoms with van der Waals surface area (Å²) in [5.74, 6) is 0.162. The predicted molar refractivity (Wildman–Crippen MR) is 57.4 cm³/mol. The Morgan fingerprint density at radius 2 is 2.00 bits per heavy atom. The third-order valence-corrected chi connectivity index (χ3v) is 4.55. The second-order valence-electron chi connectivity index (χ2n) is 4.42. The summed E-state index contributed by atoms with van der Waals surface area (Å²) in [6.45, 7) is 3.22. The van der Waals surface area contributed by atoms with Crippen molar-refractivity contribution in [3.05, 3.63) is 29.3 Å². The largest absolute Gasteiger partial charge is 0.386 e. The zero-order valence-corrected chi connectivity index (χ0v) is 9.63. The van der Waals surface area contributed by atoms with E-state index in [0.717, 1.165) is 5.56 Å². The molecule has 0 radical (unpaired) electrons. The van der Waals surface area contributed by atoms with Crippen LogP contribution in [-0.4, -0.2) is 19.3 Å². The van der Waals surface area contributed by atoms with E-state index in [4.69, 9.17) is 0 Å². The van der Waals surface area contributed by atoms with Gasteiger partial charge < -0.3 is 5.11 Å². The average Bonchev–Trinajstić information content (AvgIpc) is 2.41. The molecule has 82 valence electrons. The lowest BCUT2D eigenvalue weighted by Gasteiger charge is -2.20. The first-order valence-electron chi connectivity index (χ1n) is 4.90. The molecule has 0 fully saturated rings. The van der Waals surface area contributed by atoms with E-state index in [-0.39, 0.29) is 5.75 Å². The molecule has 2 rings (SSSR count). The molecule has 0 saturated heterocycles. The van der Waals surface area contributed by atoms with Crippen LogP contribution in [0.15, 0.2) is 23.1 Å². The van der Waals surface area contributed by atoms with Crippen molar-refractivity contribution in [1.29, 1.82) is 0 Å². The van der Waals surface area contributed by atoms with Crippen molar-refractivity contribution < 1.29 is 13.5 Å². The number of fused-ring (bicyclic) bond motifs is 1. The van der Waals surface area contributed by atoms with Crippen molar-refractivity contribution in [2.75, 3.05) is 5.75 Å². The van der Waals surface area contributed by atoms with Crippen LogP contribution in [0.5, 0.6) is 0 Å². The van der Waals surface area contributed by atoms with Crippen molar-refractivity contribution in [3.8, 4) is 0 Å². The van der Waals surface area contributed by atoms with Crippen LogP contribution in [-0.2, 0) is 21.9 Å². The van der Waals surface area contributed by atoms with Gasteiger partial charge in [0.15, 0.2) is 9.84 Å². The minimum atomic E-state index is -3.18. The molecule has 1 aromatic rings. The molecule has 1 aromatic carbocycles. The normalized spacial score (nSPS) is 18.9.